The number of nitrogens with one attached hydrogen (secondary N) is 1. The monoisotopic (exact) mass is 298 g/mol. The van der Waals surface area contributed by atoms with Crippen LogP contribution in [0.1, 0.15) is 18.9 Å². The predicted octanol–water partition coefficient (Wildman–Crippen LogP) is 2.34. The Bertz CT molecular complexity index is 521. The molecule has 6 heteroatoms. The second-order valence-electron chi connectivity index (χ2n) is 4.52. The summed E-state index contributed by atoms with van der Waals surface area (Å²) in [7, 11) is 0. The smallest absolute Gasteiger partial charge is 0.230 e. The van der Waals surface area contributed by atoms with Crippen molar-refractivity contribution in [3.05, 3.63) is 28.8 Å². The van der Waals surface area contributed by atoms with E-state index in [-0.39, 0.29) is 22.9 Å². The summed E-state index contributed by atoms with van der Waals surface area (Å²) in [6.45, 7) is 2.50. The number of carbonyl (C=O) groups excluding carboxylic acids is 1. The van der Waals surface area contributed by atoms with Gasteiger partial charge in [-0.05, 0) is 25.5 Å². The Kier molecular flexibility index (Phi) is 4.39. The quantitative estimate of drug-likeness (QED) is 0.841. The highest BCUT2D eigenvalue weighted by Gasteiger charge is 2.31. The Morgan fingerprint density at radius 2 is 2.32 bits per heavy atom. The standard InChI is InChI=1S/C13H15ClN2O2S/c1-7-9(4-5-18-7)13(17)16-11-6-8(12(15)19)2-3-10(11)14/h2-3,6-7,9H,4-5H2,1H3,(H2,15,19)(H,16,17). The van der Waals surface area contributed by atoms with Gasteiger partial charge in [0.25, 0.3) is 0 Å². The van der Waals surface area contributed by atoms with Crippen molar-refractivity contribution in [1.29, 1.82) is 0 Å². The molecule has 0 radical (unpaired) electrons. The number of carbonyl (C=O) groups is 1. The lowest BCUT2D eigenvalue weighted by Crippen LogP contribution is -2.28. The minimum atomic E-state index is -0.149. The first-order valence-corrected chi connectivity index (χ1v) is 6.79. The van der Waals surface area contributed by atoms with E-state index in [0.717, 1.165) is 6.42 Å². The number of thiocarbonyl (C=S) groups is 1. The Hall–Kier alpha value is -1.17. The molecule has 2 unspecified atom stereocenters. The minimum Gasteiger partial charge on any atom is -0.389 e. The van der Waals surface area contributed by atoms with Crippen LogP contribution in [0.4, 0.5) is 5.69 Å². The maximum Gasteiger partial charge on any atom is 0.230 e. The van der Waals surface area contributed by atoms with Gasteiger partial charge in [-0.25, -0.2) is 0 Å². The first kappa shape index (κ1) is 14.2. The van der Waals surface area contributed by atoms with Gasteiger partial charge in [-0.3, -0.25) is 4.79 Å². The fraction of sp³-hybridized carbons (Fsp3) is 0.385. The summed E-state index contributed by atoms with van der Waals surface area (Å²) in [6.07, 6.45) is 0.650. The molecule has 0 aromatic heterocycles. The number of amides is 1. The van der Waals surface area contributed by atoms with Crippen molar-refractivity contribution in [2.24, 2.45) is 11.7 Å². The van der Waals surface area contributed by atoms with E-state index < -0.39 is 0 Å². The van der Waals surface area contributed by atoms with Crippen LogP contribution in [-0.4, -0.2) is 23.6 Å². The molecule has 1 fully saturated rings. The number of hydrogen-bond acceptors (Lipinski definition) is 3. The molecule has 4 nitrogen and oxygen atoms in total. The second-order valence-corrected chi connectivity index (χ2v) is 5.37. The topological polar surface area (TPSA) is 64.3 Å². The van der Waals surface area contributed by atoms with Gasteiger partial charge in [0.2, 0.25) is 5.91 Å². The Labute approximate surface area is 122 Å². The number of halogens is 1. The fourth-order valence-corrected chi connectivity index (χ4v) is 2.37. The molecule has 102 valence electrons. The van der Waals surface area contributed by atoms with E-state index >= 15 is 0 Å². The molecule has 19 heavy (non-hydrogen) atoms. The molecule has 1 aromatic carbocycles. The molecule has 2 rings (SSSR count). The number of benzene rings is 1. The van der Waals surface area contributed by atoms with Crippen LogP contribution in [0.15, 0.2) is 18.2 Å². The SMILES string of the molecule is CC1OCCC1C(=O)Nc1cc(C(N)=S)ccc1Cl. The lowest BCUT2D eigenvalue weighted by molar-refractivity contribution is -0.121. The van der Waals surface area contributed by atoms with Crippen LogP contribution in [-0.2, 0) is 9.53 Å². The predicted molar refractivity (Wildman–Crippen MR) is 79.5 cm³/mol. The average Bonchev–Trinajstić information content (AvgIpc) is 2.78. The summed E-state index contributed by atoms with van der Waals surface area (Å²) in [6, 6.07) is 5.07. The summed E-state index contributed by atoms with van der Waals surface area (Å²) in [4.78, 5) is 12.4. The Morgan fingerprint density at radius 1 is 1.58 bits per heavy atom. The lowest BCUT2D eigenvalue weighted by atomic mass is 10.0. The zero-order chi connectivity index (χ0) is 14.0. The van der Waals surface area contributed by atoms with Gasteiger partial charge in [0.05, 0.1) is 22.7 Å². The average molecular weight is 299 g/mol. The van der Waals surface area contributed by atoms with Crippen LogP contribution in [0.25, 0.3) is 0 Å². The highest BCUT2D eigenvalue weighted by atomic mass is 35.5. The molecule has 1 amide bonds. The summed E-state index contributed by atoms with van der Waals surface area (Å²) in [5.74, 6) is -0.239. The van der Waals surface area contributed by atoms with Gasteiger partial charge >= 0.3 is 0 Å². The minimum absolute atomic E-state index is 0.0717. The Morgan fingerprint density at radius 3 is 2.89 bits per heavy atom. The van der Waals surface area contributed by atoms with E-state index in [1.807, 2.05) is 6.92 Å². The van der Waals surface area contributed by atoms with Crippen molar-refractivity contribution in [2.45, 2.75) is 19.4 Å². The van der Waals surface area contributed by atoms with Gasteiger partial charge in [-0.2, -0.15) is 0 Å². The van der Waals surface area contributed by atoms with Crippen molar-refractivity contribution in [3.63, 3.8) is 0 Å². The maximum absolute atomic E-state index is 12.1. The number of rotatable bonds is 3. The molecule has 1 aliphatic heterocycles. The van der Waals surface area contributed by atoms with Gasteiger partial charge < -0.3 is 15.8 Å². The molecule has 0 spiro atoms. The molecule has 0 aliphatic carbocycles. The molecule has 0 bridgehead atoms. The van der Waals surface area contributed by atoms with Crippen LogP contribution in [0.2, 0.25) is 5.02 Å². The summed E-state index contributed by atoms with van der Waals surface area (Å²) < 4.78 is 5.38. The van der Waals surface area contributed by atoms with E-state index in [9.17, 15) is 4.79 Å². The van der Waals surface area contributed by atoms with Gasteiger partial charge in [0.15, 0.2) is 0 Å². The van der Waals surface area contributed by atoms with Gasteiger partial charge in [-0.15, -0.1) is 0 Å². The molecule has 1 aliphatic rings. The number of hydrogen-bond donors (Lipinski definition) is 2. The first-order valence-electron chi connectivity index (χ1n) is 6.01. The second kappa shape index (κ2) is 5.86. The Balaban J connectivity index is 2.16. The molecule has 1 saturated heterocycles. The van der Waals surface area contributed by atoms with Crippen LogP contribution >= 0.6 is 23.8 Å². The number of ether oxygens (including phenoxy) is 1. The molecule has 2 atom stereocenters. The van der Waals surface area contributed by atoms with Gasteiger partial charge in [-0.1, -0.05) is 29.9 Å². The van der Waals surface area contributed by atoms with E-state index in [2.05, 4.69) is 5.32 Å². The third-order valence-electron chi connectivity index (χ3n) is 3.22. The molecule has 0 saturated carbocycles. The number of nitrogens with two attached hydrogens (primary N) is 1. The first-order chi connectivity index (χ1) is 8.99. The molecule has 1 heterocycles. The summed E-state index contributed by atoms with van der Waals surface area (Å²) in [5.41, 5.74) is 6.76. The van der Waals surface area contributed by atoms with Crippen LogP contribution in [0, 0.1) is 5.92 Å². The molecular weight excluding hydrogens is 284 g/mol. The lowest BCUT2D eigenvalue weighted by Gasteiger charge is -2.15. The fourth-order valence-electron chi connectivity index (χ4n) is 2.08. The summed E-state index contributed by atoms with van der Waals surface area (Å²) in [5, 5.41) is 3.27. The van der Waals surface area contributed by atoms with Crippen molar-refractivity contribution in [3.8, 4) is 0 Å². The number of anilines is 1. The zero-order valence-corrected chi connectivity index (χ0v) is 12.1. The van der Waals surface area contributed by atoms with Gasteiger partial charge in [0.1, 0.15) is 4.99 Å². The van der Waals surface area contributed by atoms with Crippen molar-refractivity contribution < 1.29 is 9.53 Å². The van der Waals surface area contributed by atoms with E-state index in [4.69, 9.17) is 34.3 Å². The molecule has 3 N–H and O–H groups in total. The third kappa shape index (κ3) is 3.23. The van der Waals surface area contributed by atoms with E-state index in [1.165, 1.54) is 0 Å². The summed E-state index contributed by atoms with van der Waals surface area (Å²) >= 11 is 11.0. The van der Waals surface area contributed by atoms with E-state index in [0.29, 0.717) is 22.9 Å². The van der Waals surface area contributed by atoms with E-state index in [1.54, 1.807) is 18.2 Å². The van der Waals surface area contributed by atoms with Crippen LogP contribution < -0.4 is 11.1 Å². The highest BCUT2D eigenvalue weighted by Crippen LogP contribution is 2.26. The normalized spacial score (nSPS) is 22.2. The van der Waals surface area contributed by atoms with Crippen LogP contribution in [0.5, 0.6) is 0 Å². The van der Waals surface area contributed by atoms with Crippen LogP contribution in [0.3, 0.4) is 0 Å². The maximum atomic E-state index is 12.1. The molecule has 1 aromatic rings. The zero-order valence-electron chi connectivity index (χ0n) is 10.5. The van der Waals surface area contributed by atoms with Gasteiger partial charge in [0, 0.05) is 12.2 Å². The van der Waals surface area contributed by atoms with Crippen molar-refractivity contribution in [2.75, 3.05) is 11.9 Å². The van der Waals surface area contributed by atoms with Crippen molar-refractivity contribution >= 4 is 40.4 Å². The molecular formula is C13H15ClN2O2S. The van der Waals surface area contributed by atoms with Crippen molar-refractivity contribution in [1.82, 2.24) is 0 Å². The highest BCUT2D eigenvalue weighted by molar-refractivity contribution is 7.80. The third-order valence-corrected chi connectivity index (χ3v) is 3.79. The largest absolute Gasteiger partial charge is 0.389 e.